The minimum absolute atomic E-state index is 0.0508. The van der Waals surface area contributed by atoms with E-state index >= 15 is 0 Å². The number of rotatable bonds is 8. The van der Waals surface area contributed by atoms with Crippen molar-refractivity contribution in [2.75, 3.05) is 19.8 Å². The molecule has 0 aromatic rings. The van der Waals surface area contributed by atoms with E-state index in [1.165, 1.54) is 6.42 Å². The van der Waals surface area contributed by atoms with E-state index in [-0.39, 0.29) is 48.9 Å². The van der Waals surface area contributed by atoms with E-state index in [0.717, 1.165) is 32.1 Å². The summed E-state index contributed by atoms with van der Waals surface area (Å²) < 4.78 is 5.32. The number of allylic oxidation sites excluding steroid dienone is 1. The quantitative estimate of drug-likeness (QED) is 0.463. The molecule has 30 heavy (non-hydrogen) atoms. The van der Waals surface area contributed by atoms with Crippen LogP contribution in [0.5, 0.6) is 0 Å². The molecule has 168 valence electrons. The van der Waals surface area contributed by atoms with Gasteiger partial charge in [-0.15, -0.1) is 0 Å². The second kappa shape index (κ2) is 10.4. The van der Waals surface area contributed by atoms with E-state index in [9.17, 15) is 19.5 Å². The predicted molar refractivity (Wildman–Crippen MR) is 112 cm³/mol. The SMILES string of the molecule is CCOC(=O)[C@H]1[C@H]2C(=O)N(CCCO)[C@H](C(=O)NC3CCCCC3)[C@H]2C=C[C@H]1CC. The zero-order valence-electron chi connectivity index (χ0n) is 18.2. The summed E-state index contributed by atoms with van der Waals surface area (Å²) >= 11 is 0. The van der Waals surface area contributed by atoms with Gasteiger partial charge >= 0.3 is 5.97 Å². The first-order valence-electron chi connectivity index (χ1n) is 11.6. The molecule has 0 aromatic heterocycles. The number of carbonyl (C=O) groups is 3. The zero-order valence-corrected chi connectivity index (χ0v) is 18.2. The molecule has 1 saturated carbocycles. The molecule has 2 N–H and O–H groups in total. The van der Waals surface area contributed by atoms with Crippen LogP contribution in [0.3, 0.4) is 0 Å². The molecule has 2 amide bonds. The second-order valence-electron chi connectivity index (χ2n) is 8.74. The predicted octanol–water partition coefficient (Wildman–Crippen LogP) is 2.04. The Morgan fingerprint density at radius 2 is 1.93 bits per heavy atom. The van der Waals surface area contributed by atoms with Gasteiger partial charge in [-0.1, -0.05) is 38.3 Å². The minimum atomic E-state index is -0.637. The molecule has 0 radical (unpaired) electrons. The summed E-state index contributed by atoms with van der Waals surface area (Å²) in [6.07, 6.45) is 10.4. The fourth-order valence-corrected chi connectivity index (χ4v) is 5.46. The lowest BCUT2D eigenvalue weighted by molar-refractivity contribution is -0.155. The maximum Gasteiger partial charge on any atom is 0.310 e. The molecule has 1 heterocycles. The number of aliphatic hydroxyl groups excluding tert-OH is 1. The van der Waals surface area contributed by atoms with Crippen molar-refractivity contribution in [1.29, 1.82) is 0 Å². The molecule has 3 aliphatic rings. The van der Waals surface area contributed by atoms with Crippen LogP contribution in [0.15, 0.2) is 12.2 Å². The lowest BCUT2D eigenvalue weighted by Crippen LogP contribution is -2.50. The van der Waals surface area contributed by atoms with E-state index in [1.807, 2.05) is 19.1 Å². The van der Waals surface area contributed by atoms with Crippen LogP contribution in [-0.2, 0) is 19.1 Å². The Balaban J connectivity index is 1.89. The third-order valence-corrected chi connectivity index (χ3v) is 6.92. The van der Waals surface area contributed by atoms with Crippen LogP contribution in [-0.4, -0.2) is 59.6 Å². The molecule has 2 aliphatic carbocycles. The Bertz CT molecular complexity index is 658. The number of nitrogens with zero attached hydrogens (tertiary/aromatic N) is 1. The van der Waals surface area contributed by atoms with Crippen molar-refractivity contribution in [3.63, 3.8) is 0 Å². The maximum atomic E-state index is 13.5. The fraction of sp³-hybridized carbons (Fsp3) is 0.783. The molecule has 0 unspecified atom stereocenters. The lowest BCUT2D eigenvalue weighted by Gasteiger charge is -2.34. The van der Waals surface area contributed by atoms with Gasteiger partial charge in [0.2, 0.25) is 11.8 Å². The van der Waals surface area contributed by atoms with Gasteiger partial charge in [0.05, 0.1) is 18.4 Å². The van der Waals surface area contributed by atoms with E-state index in [1.54, 1.807) is 11.8 Å². The second-order valence-corrected chi connectivity index (χ2v) is 8.74. The molecule has 2 fully saturated rings. The summed E-state index contributed by atoms with van der Waals surface area (Å²) in [5.41, 5.74) is 0. The highest BCUT2D eigenvalue weighted by Gasteiger charge is 2.57. The first-order valence-corrected chi connectivity index (χ1v) is 11.6. The molecule has 1 aliphatic heterocycles. The highest BCUT2D eigenvalue weighted by molar-refractivity contribution is 5.96. The van der Waals surface area contributed by atoms with Crippen LogP contribution in [0.25, 0.3) is 0 Å². The maximum absolute atomic E-state index is 13.5. The lowest BCUT2D eigenvalue weighted by atomic mass is 9.69. The molecule has 7 heteroatoms. The van der Waals surface area contributed by atoms with Gasteiger partial charge in [0.1, 0.15) is 6.04 Å². The van der Waals surface area contributed by atoms with Gasteiger partial charge in [0.25, 0.3) is 0 Å². The number of likely N-dealkylation sites (tertiary alicyclic amines) is 1. The Hall–Kier alpha value is -1.89. The molecular weight excluding hydrogens is 384 g/mol. The Morgan fingerprint density at radius 1 is 1.20 bits per heavy atom. The van der Waals surface area contributed by atoms with Gasteiger partial charge in [0.15, 0.2) is 0 Å². The molecule has 0 spiro atoms. The van der Waals surface area contributed by atoms with Gasteiger partial charge in [-0.2, -0.15) is 0 Å². The van der Waals surface area contributed by atoms with Crippen LogP contribution in [0, 0.1) is 23.7 Å². The number of ether oxygens (including phenoxy) is 1. The van der Waals surface area contributed by atoms with Gasteiger partial charge in [-0.05, 0) is 38.5 Å². The summed E-state index contributed by atoms with van der Waals surface area (Å²) in [7, 11) is 0. The minimum Gasteiger partial charge on any atom is -0.466 e. The Kier molecular flexibility index (Phi) is 7.92. The van der Waals surface area contributed by atoms with Crippen molar-refractivity contribution in [2.45, 2.75) is 70.9 Å². The average Bonchev–Trinajstić information content (AvgIpc) is 3.04. The normalized spacial score (nSPS) is 31.5. The fourth-order valence-electron chi connectivity index (χ4n) is 5.46. The summed E-state index contributed by atoms with van der Waals surface area (Å²) in [5, 5.41) is 12.5. The monoisotopic (exact) mass is 420 g/mol. The van der Waals surface area contributed by atoms with Gasteiger partial charge in [0, 0.05) is 25.1 Å². The smallest absolute Gasteiger partial charge is 0.310 e. The molecule has 1 saturated heterocycles. The van der Waals surface area contributed by atoms with Crippen LogP contribution in [0.4, 0.5) is 0 Å². The number of amides is 2. The van der Waals surface area contributed by atoms with Crippen molar-refractivity contribution >= 4 is 17.8 Å². The molecular formula is C23H36N2O5. The molecule has 3 rings (SSSR count). The molecule has 5 atom stereocenters. The Labute approximate surface area is 179 Å². The van der Waals surface area contributed by atoms with Gasteiger partial charge in [-0.3, -0.25) is 14.4 Å². The van der Waals surface area contributed by atoms with E-state index < -0.39 is 17.9 Å². The van der Waals surface area contributed by atoms with Crippen molar-refractivity contribution in [3.8, 4) is 0 Å². The highest BCUT2D eigenvalue weighted by atomic mass is 16.5. The number of nitrogens with one attached hydrogen (secondary N) is 1. The summed E-state index contributed by atoms with van der Waals surface area (Å²) in [4.78, 5) is 41.2. The Morgan fingerprint density at radius 3 is 2.57 bits per heavy atom. The number of esters is 1. The number of carbonyl (C=O) groups excluding carboxylic acids is 3. The molecule has 7 nitrogen and oxygen atoms in total. The van der Waals surface area contributed by atoms with Crippen molar-refractivity contribution in [1.82, 2.24) is 10.2 Å². The van der Waals surface area contributed by atoms with E-state index in [4.69, 9.17) is 4.74 Å². The van der Waals surface area contributed by atoms with Crippen LogP contribution in [0.2, 0.25) is 0 Å². The third kappa shape index (κ3) is 4.56. The molecule has 0 bridgehead atoms. The van der Waals surface area contributed by atoms with Crippen LogP contribution in [0.1, 0.15) is 58.8 Å². The zero-order chi connectivity index (χ0) is 21.7. The average molecular weight is 421 g/mol. The van der Waals surface area contributed by atoms with Crippen molar-refractivity contribution in [2.24, 2.45) is 23.7 Å². The number of hydrogen-bond acceptors (Lipinski definition) is 5. The van der Waals surface area contributed by atoms with Crippen LogP contribution >= 0.6 is 0 Å². The van der Waals surface area contributed by atoms with Crippen molar-refractivity contribution < 1.29 is 24.2 Å². The number of fused-ring (bicyclic) bond motifs is 1. The van der Waals surface area contributed by atoms with Crippen LogP contribution < -0.4 is 5.32 Å². The van der Waals surface area contributed by atoms with E-state index in [2.05, 4.69) is 5.32 Å². The van der Waals surface area contributed by atoms with Crippen molar-refractivity contribution in [3.05, 3.63) is 12.2 Å². The molecule has 0 aromatic carbocycles. The summed E-state index contributed by atoms with van der Waals surface area (Å²) in [5.74, 6) is -2.24. The van der Waals surface area contributed by atoms with E-state index in [0.29, 0.717) is 13.0 Å². The largest absolute Gasteiger partial charge is 0.466 e. The summed E-state index contributed by atoms with van der Waals surface area (Å²) in [6, 6.07) is -0.487. The number of hydrogen-bond donors (Lipinski definition) is 2. The van der Waals surface area contributed by atoms with Gasteiger partial charge < -0.3 is 20.1 Å². The topological polar surface area (TPSA) is 95.9 Å². The highest BCUT2D eigenvalue weighted by Crippen LogP contribution is 2.45. The first-order chi connectivity index (χ1) is 14.5. The summed E-state index contributed by atoms with van der Waals surface area (Å²) in [6.45, 7) is 4.29. The number of aliphatic hydroxyl groups is 1. The third-order valence-electron chi connectivity index (χ3n) is 6.92. The van der Waals surface area contributed by atoms with Gasteiger partial charge in [-0.25, -0.2) is 0 Å². The first kappa shape index (κ1) is 22.8. The standard InChI is InChI=1S/C23H36N2O5/c1-3-15-11-12-17-19(18(15)23(29)30-4-2)22(28)25(13-8-14-26)20(17)21(27)24-16-9-6-5-7-10-16/h11-12,15-20,26H,3-10,13-14H2,1-2H3,(H,24,27)/t15-,17+,18-,19+,20+/m1/s1.